The lowest BCUT2D eigenvalue weighted by Crippen LogP contribution is -2.33. The number of nitrogens with zero attached hydrogens (tertiary/aromatic N) is 3. The topological polar surface area (TPSA) is 38.1 Å². The largest absolute Gasteiger partial charge is 0.339 e. The van der Waals surface area contributed by atoms with Gasteiger partial charge in [-0.1, -0.05) is 32.0 Å². The summed E-state index contributed by atoms with van der Waals surface area (Å²) in [5.41, 5.74) is 1.59. The van der Waals surface area contributed by atoms with E-state index in [9.17, 15) is 4.79 Å². The van der Waals surface area contributed by atoms with Crippen LogP contribution in [0.1, 0.15) is 31.1 Å². The van der Waals surface area contributed by atoms with E-state index in [0.29, 0.717) is 18.0 Å². The number of amides is 1. The number of rotatable bonds is 5. The highest BCUT2D eigenvalue weighted by Gasteiger charge is 2.17. The third-order valence-corrected chi connectivity index (χ3v) is 3.10. The molecule has 0 atom stereocenters. The molecule has 1 aromatic carbocycles. The summed E-state index contributed by atoms with van der Waals surface area (Å²) in [5.74, 6) is 0.506. The summed E-state index contributed by atoms with van der Waals surface area (Å²) >= 11 is 0. The van der Waals surface area contributed by atoms with Gasteiger partial charge in [0.05, 0.1) is 17.4 Å². The highest BCUT2D eigenvalue weighted by molar-refractivity contribution is 5.93. The molecular weight excluding hydrogens is 250 g/mol. The number of carbonyl (C=O) groups excluding carboxylic acids is 1. The van der Waals surface area contributed by atoms with E-state index in [2.05, 4.69) is 18.9 Å². The first-order valence-electron chi connectivity index (χ1n) is 7.01. The van der Waals surface area contributed by atoms with Crippen LogP contribution in [0.3, 0.4) is 0 Å². The Morgan fingerprint density at radius 1 is 1.30 bits per heavy atom. The highest BCUT2D eigenvalue weighted by Crippen LogP contribution is 2.11. The van der Waals surface area contributed by atoms with Crippen molar-refractivity contribution in [3.8, 4) is 5.69 Å². The molecule has 4 nitrogen and oxygen atoms in total. The summed E-state index contributed by atoms with van der Waals surface area (Å²) in [7, 11) is 0. The highest BCUT2D eigenvalue weighted by atomic mass is 16.2. The zero-order valence-electron chi connectivity index (χ0n) is 12.3. The molecule has 4 heteroatoms. The molecule has 1 heterocycles. The predicted molar refractivity (Wildman–Crippen MR) is 80.0 cm³/mol. The first-order valence-corrected chi connectivity index (χ1v) is 7.01. The Hall–Kier alpha value is -2.10. The summed E-state index contributed by atoms with van der Waals surface area (Å²) in [5, 5.41) is 4.27. The van der Waals surface area contributed by atoms with Crippen molar-refractivity contribution >= 4 is 5.91 Å². The Bertz CT molecular complexity index is 560. The lowest BCUT2D eigenvalue weighted by molar-refractivity contribution is 0.0746. The maximum absolute atomic E-state index is 12.4. The van der Waals surface area contributed by atoms with Crippen LogP contribution >= 0.6 is 0 Å². The maximum Gasteiger partial charge on any atom is 0.257 e. The van der Waals surface area contributed by atoms with E-state index in [1.54, 1.807) is 17.1 Å². The van der Waals surface area contributed by atoms with Crippen LogP contribution in [0.25, 0.3) is 5.69 Å². The zero-order chi connectivity index (χ0) is 14.5. The SMILES string of the molecule is CCN(CC(C)C)C(=O)c1cnn(-c2ccccc2)c1. The summed E-state index contributed by atoms with van der Waals surface area (Å²) < 4.78 is 1.73. The van der Waals surface area contributed by atoms with Crippen LogP contribution in [0.4, 0.5) is 0 Å². The molecule has 0 N–H and O–H groups in total. The van der Waals surface area contributed by atoms with Crippen LogP contribution in [0, 0.1) is 5.92 Å². The van der Waals surface area contributed by atoms with E-state index < -0.39 is 0 Å². The Labute approximate surface area is 120 Å². The Kier molecular flexibility index (Phi) is 4.56. The van der Waals surface area contributed by atoms with Gasteiger partial charge in [0.15, 0.2) is 0 Å². The van der Waals surface area contributed by atoms with Crippen molar-refractivity contribution in [2.75, 3.05) is 13.1 Å². The predicted octanol–water partition coefficient (Wildman–Crippen LogP) is 2.99. The lowest BCUT2D eigenvalue weighted by Gasteiger charge is -2.22. The van der Waals surface area contributed by atoms with Crippen molar-refractivity contribution in [3.05, 3.63) is 48.3 Å². The molecule has 0 aliphatic carbocycles. The van der Waals surface area contributed by atoms with Crippen LogP contribution in [-0.4, -0.2) is 33.7 Å². The molecule has 20 heavy (non-hydrogen) atoms. The number of hydrogen-bond donors (Lipinski definition) is 0. The molecule has 2 aromatic rings. The van der Waals surface area contributed by atoms with Crippen LogP contribution in [0.15, 0.2) is 42.7 Å². The molecule has 1 amide bonds. The van der Waals surface area contributed by atoms with E-state index in [1.807, 2.05) is 42.2 Å². The molecule has 0 saturated heterocycles. The minimum atomic E-state index is 0.0448. The number of carbonyl (C=O) groups is 1. The Morgan fingerprint density at radius 3 is 2.60 bits per heavy atom. The minimum Gasteiger partial charge on any atom is -0.339 e. The van der Waals surface area contributed by atoms with Crippen LogP contribution in [0.2, 0.25) is 0 Å². The normalized spacial score (nSPS) is 10.8. The summed E-state index contributed by atoms with van der Waals surface area (Å²) in [6.07, 6.45) is 3.43. The Morgan fingerprint density at radius 2 is 2.00 bits per heavy atom. The van der Waals surface area contributed by atoms with Gasteiger partial charge in [0.25, 0.3) is 5.91 Å². The molecule has 0 unspecified atom stereocenters. The second kappa shape index (κ2) is 6.37. The maximum atomic E-state index is 12.4. The van der Waals surface area contributed by atoms with Crippen LogP contribution in [0.5, 0.6) is 0 Å². The summed E-state index contributed by atoms with van der Waals surface area (Å²) in [6.45, 7) is 7.72. The lowest BCUT2D eigenvalue weighted by atomic mass is 10.2. The molecule has 2 rings (SSSR count). The summed E-state index contributed by atoms with van der Waals surface area (Å²) in [4.78, 5) is 14.3. The van der Waals surface area contributed by atoms with Gasteiger partial charge in [-0.25, -0.2) is 4.68 Å². The molecule has 0 radical (unpaired) electrons. The fourth-order valence-corrected chi connectivity index (χ4v) is 2.13. The number of para-hydroxylation sites is 1. The van der Waals surface area contributed by atoms with E-state index in [0.717, 1.165) is 12.2 Å². The van der Waals surface area contributed by atoms with Crippen molar-refractivity contribution in [2.45, 2.75) is 20.8 Å². The molecule has 0 saturated carbocycles. The summed E-state index contributed by atoms with van der Waals surface area (Å²) in [6, 6.07) is 9.80. The van der Waals surface area contributed by atoms with E-state index >= 15 is 0 Å². The molecule has 0 bridgehead atoms. The first-order chi connectivity index (χ1) is 9.61. The monoisotopic (exact) mass is 271 g/mol. The first kappa shape index (κ1) is 14.3. The molecule has 0 aliphatic heterocycles. The van der Waals surface area contributed by atoms with Crippen molar-refractivity contribution in [3.63, 3.8) is 0 Å². The molecule has 0 aliphatic rings. The number of hydrogen-bond acceptors (Lipinski definition) is 2. The van der Waals surface area contributed by atoms with Gasteiger partial charge in [0, 0.05) is 19.3 Å². The van der Waals surface area contributed by atoms with E-state index in [-0.39, 0.29) is 5.91 Å². The molecular formula is C16H21N3O. The average Bonchev–Trinajstić information content (AvgIpc) is 2.94. The molecule has 1 aromatic heterocycles. The van der Waals surface area contributed by atoms with Crippen molar-refractivity contribution in [2.24, 2.45) is 5.92 Å². The number of aromatic nitrogens is 2. The smallest absolute Gasteiger partial charge is 0.257 e. The second-order valence-electron chi connectivity index (χ2n) is 5.25. The Balaban J connectivity index is 2.18. The van der Waals surface area contributed by atoms with E-state index in [4.69, 9.17) is 0 Å². The van der Waals surface area contributed by atoms with Crippen LogP contribution in [-0.2, 0) is 0 Å². The van der Waals surface area contributed by atoms with Gasteiger partial charge >= 0.3 is 0 Å². The zero-order valence-corrected chi connectivity index (χ0v) is 12.3. The third kappa shape index (κ3) is 3.26. The van der Waals surface area contributed by atoms with Crippen molar-refractivity contribution in [1.82, 2.24) is 14.7 Å². The fraction of sp³-hybridized carbons (Fsp3) is 0.375. The standard InChI is InChI=1S/C16H21N3O/c1-4-18(11-13(2)3)16(20)14-10-17-19(12-14)15-8-6-5-7-9-15/h5-10,12-13H,4,11H2,1-3H3. The van der Waals surface area contributed by atoms with Crippen molar-refractivity contribution in [1.29, 1.82) is 0 Å². The third-order valence-electron chi connectivity index (χ3n) is 3.10. The molecule has 0 spiro atoms. The molecule has 106 valence electrons. The quantitative estimate of drug-likeness (QED) is 0.838. The fourth-order valence-electron chi connectivity index (χ4n) is 2.13. The van der Waals surface area contributed by atoms with Gasteiger partial charge in [-0.3, -0.25) is 4.79 Å². The van der Waals surface area contributed by atoms with E-state index in [1.165, 1.54) is 0 Å². The number of benzene rings is 1. The minimum absolute atomic E-state index is 0.0448. The van der Waals surface area contributed by atoms with Gasteiger partial charge in [-0.2, -0.15) is 5.10 Å². The van der Waals surface area contributed by atoms with Crippen molar-refractivity contribution < 1.29 is 4.79 Å². The van der Waals surface area contributed by atoms with Gasteiger partial charge < -0.3 is 4.90 Å². The average molecular weight is 271 g/mol. The van der Waals surface area contributed by atoms with Crippen LogP contribution < -0.4 is 0 Å². The second-order valence-corrected chi connectivity index (χ2v) is 5.25. The molecule has 0 fully saturated rings. The van der Waals surface area contributed by atoms with Gasteiger partial charge in [-0.05, 0) is 25.0 Å². The van der Waals surface area contributed by atoms with Gasteiger partial charge in [0.1, 0.15) is 0 Å². The van der Waals surface area contributed by atoms with Gasteiger partial charge in [-0.15, -0.1) is 0 Å². The van der Waals surface area contributed by atoms with Gasteiger partial charge in [0.2, 0.25) is 0 Å².